The van der Waals surface area contributed by atoms with Crippen molar-refractivity contribution in [3.63, 3.8) is 0 Å². The fourth-order valence-electron chi connectivity index (χ4n) is 3.99. The Kier molecular flexibility index (Phi) is 3.78. The minimum atomic E-state index is -0.0823. The number of nitrogens with zero attached hydrogens (tertiary/aromatic N) is 3. The SMILES string of the molecule is CSc1ccc2ncnc(N3Cc4ccccc4OC4(CCC4)C3)c2c1. The van der Waals surface area contributed by atoms with Gasteiger partial charge in [0.25, 0.3) is 0 Å². The van der Waals surface area contributed by atoms with E-state index in [1.54, 1.807) is 18.1 Å². The van der Waals surface area contributed by atoms with Gasteiger partial charge >= 0.3 is 0 Å². The van der Waals surface area contributed by atoms with Gasteiger partial charge in [0, 0.05) is 22.4 Å². The summed E-state index contributed by atoms with van der Waals surface area (Å²) >= 11 is 1.75. The van der Waals surface area contributed by atoms with Crippen LogP contribution < -0.4 is 9.64 Å². The van der Waals surface area contributed by atoms with Crippen LogP contribution in [0.2, 0.25) is 0 Å². The molecule has 1 aromatic heterocycles. The lowest BCUT2D eigenvalue weighted by Crippen LogP contribution is -2.51. The van der Waals surface area contributed by atoms with Gasteiger partial charge in [-0.15, -0.1) is 11.8 Å². The zero-order valence-corrected chi connectivity index (χ0v) is 15.6. The lowest BCUT2D eigenvalue weighted by atomic mass is 9.79. The standard InChI is InChI=1S/C21H21N3OS/c1-26-16-7-8-18-17(11-16)20(23-14-22-18)24-12-15-5-2-3-6-19(15)25-21(13-24)9-4-10-21/h2-3,5-8,11,14H,4,9-10,12-13H2,1H3. The molecule has 0 atom stereocenters. The van der Waals surface area contributed by atoms with Crippen molar-refractivity contribution in [1.29, 1.82) is 0 Å². The van der Waals surface area contributed by atoms with E-state index in [1.807, 2.05) is 0 Å². The summed E-state index contributed by atoms with van der Waals surface area (Å²) in [4.78, 5) is 12.8. The Morgan fingerprint density at radius 1 is 1.12 bits per heavy atom. The van der Waals surface area contributed by atoms with E-state index in [9.17, 15) is 0 Å². The van der Waals surface area contributed by atoms with Crippen molar-refractivity contribution >= 4 is 28.5 Å². The molecule has 0 radical (unpaired) electrons. The van der Waals surface area contributed by atoms with Crippen LogP contribution in [0.5, 0.6) is 5.75 Å². The summed E-state index contributed by atoms with van der Waals surface area (Å²) < 4.78 is 6.50. The number of aromatic nitrogens is 2. The van der Waals surface area contributed by atoms with Gasteiger partial charge in [0.1, 0.15) is 23.5 Å². The number of benzene rings is 2. The second-order valence-corrected chi connectivity index (χ2v) is 8.06. The fourth-order valence-corrected chi connectivity index (χ4v) is 4.43. The number of ether oxygens (including phenoxy) is 1. The minimum absolute atomic E-state index is 0.0823. The average Bonchev–Trinajstić information content (AvgIpc) is 2.84. The van der Waals surface area contributed by atoms with Crippen molar-refractivity contribution < 1.29 is 4.74 Å². The van der Waals surface area contributed by atoms with Gasteiger partial charge in [0.2, 0.25) is 0 Å². The topological polar surface area (TPSA) is 38.2 Å². The molecule has 2 aliphatic rings. The summed E-state index contributed by atoms with van der Waals surface area (Å²) in [7, 11) is 0. The molecule has 0 unspecified atom stereocenters. The molecule has 132 valence electrons. The predicted octanol–water partition coefficient (Wildman–Crippen LogP) is 4.67. The molecule has 1 aliphatic carbocycles. The molecular formula is C21H21N3OS. The van der Waals surface area contributed by atoms with Crippen LogP contribution >= 0.6 is 11.8 Å². The predicted molar refractivity (Wildman–Crippen MR) is 106 cm³/mol. The first-order valence-corrected chi connectivity index (χ1v) is 10.3. The first kappa shape index (κ1) is 15.9. The molecule has 4 nitrogen and oxygen atoms in total. The molecule has 0 N–H and O–H groups in total. The molecule has 0 amide bonds. The fraction of sp³-hybridized carbons (Fsp3) is 0.333. The Labute approximate surface area is 157 Å². The Balaban J connectivity index is 1.64. The highest BCUT2D eigenvalue weighted by atomic mass is 32.2. The third-order valence-corrected chi connectivity index (χ3v) is 6.25. The van der Waals surface area contributed by atoms with E-state index in [4.69, 9.17) is 9.72 Å². The van der Waals surface area contributed by atoms with Crippen LogP contribution in [0.1, 0.15) is 24.8 Å². The average molecular weight is 363 g/mol. The van der Waals surface area contributed by atoms with E-state index in [-0.39, 0.29) is 5.60 Å². The van der Waals surface area contributed by atoms with Crippen molar-refractivity contribution in [2.75, 3.05) is 17.7 Å². The molecule has 5 heteroatoms. The molecule has 0 bridgehead atoms. The van der Waals surface area contributed by atoms with E-state index in [0.29, 0.717) is 0 Å². The summed E-state index contributed by atoms with van der Waals surface area (Å²) in [6.07, 6.45) is 7.23. The molecule has 1 fully saturated rings. The van der Waals surface area contributed by atoms with Crippen LogP contribution in [0.15, 0.2) is 53.7 Å². The van der Waals surface area contributed by atoms with Crippen LogP contribution in [0.3, 0.4) is 0 Å². The molecule has 1 spiro atoms. The Hall–Kier alpha value is -2.27. The third kappa shape index (κ3) is 2.62. The summed E-state index contributed by atoms with van der Waals surface area (Å²) in [6, 6.07) is 14.8. The zero-order chi connectivity index (χ0) is 17.6. The Morgan fingerprint density at radius 2 is 2.00 bits per heavy atom. The third-order valence-electron chi connectivity index (χ3n) is 5.53. The maximum absolute atomic E-state index is 6.50. The number of rotatable bonds is 2. The minimum Gasteiger partial charge on any atom is -0.485 e. The van der Waals surface area contributed by atoms with Crippen molar-refractivity contribution in [1.82, 2.24) is 9.97 Å². The van der Waals surface area contributed by atoms with Crippen LogP contribution in [-0.4, -0.2) is 28.4 Å². The number of thioether (sulfide) groups is 1. The van der Waals surface area contributed by atoms with Gasteiger partial charge in [0.05, 0.1) is 12.1 Å². The van der Waals surface area contributed by atoms with Gasteiger partial charge in [-0.05, 0) is 49.8 Å². The van der Waals surface area contributed by atoms with Crippen LogP contribution in [0.25, 0.3) is 10.9 Å². The van der Waals surface area contributed by atoms with Gasteiger partial charge in [-0.1, -0.05) is 18.2 Å². The van der Waals surface area contributed by atoms with Gasteiger partial charge in [-0.3, -0.25) is 0 Å². The van der Waals surface area contributed by atoms with E-state index >= 15 is 0 Å². The van der Waals surface area contributed by atoms with Gasteiger partial charge < -0.3 is 9.64 Å². The molecule has 5 rings (SSSR count). The molecule has 1 aliphatic heterocycles. The van der Waals surface area contributed by atoms with Gasteiger partial charge in [0.15, 0.2) is 0 Å². The van der Waals surface area contributed by atoms with Crippen LogP contribution in [0, 0.1) is 0 Å². The first-order chi connectivity index (χ1) is 12.8. The van der Waals surface area contributed by atoms with Crippen LogP contribution in [-0.2, 0) is 6.54 Å². The second-order valence-electron chi connectivity index (χ2n) is 7.18. The zero-order valence-electron chi connectivity index (χ0n) is 14.8. The molecule has 3 aromatic rings. The van der Waals surface area contributed by atoms with E-state index in [0.717, 1.165) is 48.4 Å². The summed E-state index contributed by atoms with van der Waals surface area (Å²) in [6.45, 7) is 1.69. The summed E-state index contributed by atoms with van der Waals surface area (Å²) in [5.41, 5.74) is 2.14. The lowest BCUT2D eigenvalue weighted by Gasteiger charge is -2.43. The number of para-hydroxylation sites is 1. The molecule has 1 saturated carbocycles. The lowest BCUT2D eigenvalue weighted by molar-refractivity contribution is 0.00332. The maximum Gasteiger partial charge on any atom is 0.140 e. The monoisotopic (exact) mass is 363 g/mol. The largest absolute Gasteiger partial charge is 0.485 e. The van der Waals surface area contributed by atoms with E-state index < -0.39 is 0 Å². The van der Waals surface area contributed by atoms with E-state index in [1.165, 1.54) is 16.9 Å². The van der Waals surface area contributed by atoms with E-state index in [2.05, 4.69) is 58.6 Å². The van der Waals surface area contributed by atoms with Crippen molar-refractivity contribution in [3.8, 4) is 5.75 Å². The van der Waals surface area contributed by atoms with Crippen LogP contribution in [0.4, 0.5) is 5.82 Å². The number of fused-ring (bicyclic) bond motifs is 2. The highest BCUT2D eigenvalue weighted by molar-refractivity contribution is 7.98. The smallest absolute Gasteiger partial charge is 0.140 e. The maximum atomic E-state index is 6.50. The van der Waals surface area contributed by atoms with Gasteiger partial charge in [-0.2, -0.15) is 0 Å². The van der Waals surface area contributed by atoms with Crippen molar-refractivity contribution in [2.45, 2.75) is 36.3 Å². The normalized spacial score (nSPS) is 18.1. The number of hydrogen-bond acceptors (Lipinski definition) is 5. The van der Waals surface area contributed by atoms with Gasteiger partial charge in [-0.25, -0.2) is 9.97 Å². The highest BCUT2D eigenvalue weighted by Crippen LogP contribution is 2.42. The number of hydrogen-bond donors (Lipinski definition) is 0. The molecular weight excluding hydrogens is 342 g/mol. The Morgan fingerprint density at radius 3 is 2.81 bits per heavy atom. The summed E-state index contributed by atoms with van der Waals surface area (Å²) in [5.74, 6) is 2.04. The van der Waals surface area contributed by atoms with Crippen molar-refractivity contribution in [2.24, 2.45) is 0 Å². The molecule has 2 heterocycles. The summed E-state index contributed by atoms with van der Waals surface area (Å²) in [5, 5.41) is 1.12. The quantitative estimate of drug-likeness (QED) is 0.619. The molecule has 26 heavy (non-hydrogen) atoms. The van der Waals surface area contributed by atoms with Crippen molar-refractivity contribution in [3.05, 3.63) is 54.4 Å². The number of anilines is 1. The highest BCUT2D eigenvalue weighted by Gasteiger charge is 2.43. The first-order valence-electron chi connectivity index (χ1n) is 9.07. The Bertz CT molecular complexity index is 970. The second kappa shape index (κ2) is 6.16. The molecule has 0 saturated heterocycles. The molecule has 2 aromatic carbocycles.